The maximum absolute atomic E-state index is 12.4. The molecule has 0 atom stereocenters. The largest absolute Gasteiger partial charge is 0.396 e. The third-order valence-corrected chi connectivity index (χ3v) is 4.10. The third kappa shape index (κ3) is 3.39. The molecule has 0 spiro atoms. The molecule has 0 aromatic carbocycles. The molecule has 0 saturated heterocycles. The van der Waals surface area contributed by atoms with E-state index in [-0.39, 0.29) is 23.8 Å². The van der Waals surface area contributed by atoms with E-state index in [1.807, 2.05) is 27.7 Å². The maximum Gasteiger partial charge on any atom is 0.256 e. The number of carbonyl (C=O) groups is 1. The number of rotatable bonds is 7. The van der Waals surface area contributed by atoms with Crippen LogP contribution >= 0.6 is 0 Å². The summed E-state index contributed by atoms with van der Waals surface area (Å²) in [5, 5.41) is 16.3. The zero-order valence-corrected chi connectivity index (χ0v) is 13.1. The lowest BCUT2D eigenvalue weighted by atomic mass is 9.83. The molecule has 20 heavy (non-hydrogen) atoms. The van der Waals surface area contributed by atoms with Crippen LogP contribution in [0.1, 0.15) is 68.3 Å². The van der Waals surface area contributed by atoms with Crippen molar-refractivity contribution in [2.24, 2.45) is 5.41 Å². The lowest BCUT2D eigenvalue weighted by Gasteiger charge is -2.29. The van der Waals surface area contributed by atoms with Crippen molar-refractivity contribution in [3.05, 3.63) is 17.0 Å². The molecule has 0 saturated carbocycles. The zero-order chi connectivity index (χ0) is 15.3. The number of aliphatic hydroxyl groups excluding tert-OH is 1. The molecule has 2 N–H and O–H groups in total. The Kier molecular flexibility index (Phi) is 5.74. The summed E-state index contributed by atoms with van der Waals surface area (Å²) in [5.41, 5.74) is 0.881. The Labute approximate surface area is 120 Å². The fraction of sp³-hybridized carbons (Fsp3) is 0.733. The molecule has 0 fully saturated rings. The molecular formula is C15H26N2O3. The Balaban J connectivity index is 2.85. The monoisotopic (exact) mass is 282 g/mol. The minimum absolute atomic E-state index is 0.0694. The molecule has 1 rings (SSSR count). The van der Waals surface area contributed by atoms with Crippen LogP contribution in [0, 0.1) is 12.3 Å². The SMILES string of the molecule is CCC(CC)(CO)CNC(=O)c1c(C)noc1C(C)C. The van der Waals surface area contributed by atoms with Crippen LogP contribution in [0.2, 0.25) is 0 Å². The van der Waals surface area contributed by atoms with Crippen LogP contribution in [0.3, 0.4) is 0 Å². The van der Waals surface area contributed by atoms with Gasteiger partial charge in [0.15, 0.2) is 5.76 Å². The predicted octanol–water partition coefficient (Wildman–Crippen LogP) is 2.63. The zero-order valence-electron chi connectivity index (χ0n) is 13.1. The van der Waals surface area contributed by atoms with Crippen molar-refractivity contribution in [1.82, 2.24) is 10.5 Å². The highest BCUT2D eigenvalue weighted by atomic mass is 16.5. The predicted molar refractivity (Wildman–Crippen MR) is 77.8 cm³/mol. The molecule has 5 heteroatoms. The van der Waals surface area contributed by atoms with E-state index in [0.29, 0.717) is 23.6 Å². The first-order valence-corrected chi connectivity index (χ1v) is 7.26. The van der Waals surface area contributed by atoms with Crippen molar-refractivity contribution in [3.8, 4) is 0 Å². The van der Waals surface area contributed by atoms with E-state index in [1.165, 1.54) is 0 Å². The topological polar surface area (TPSA) is 75.4 Å². The molecule has 1 heterocycles. The number of hydrogen-bond donors (Lipinski definition) is 2. The van der Waals surface area contributed by atoms with Gasteiger partial charge in [0.05, 0.1) is 12.3 Å². The van der Waals surface area contributed by atoms with Crippen LogP contribution in [0.25, 0.3) is 0 Å². The average molecular weight is 282 g/mol. The molecule has 0 aliphatic rings. The van der Waals surface area contributed by atoms with Gasteiger partial charge in [-0.25, -0.2) is 0 Å². The smallest absolute Gasteiger partial charge is 0.256 e. The van der Waals surface area contributed by atoms with Gasteiger partial charge in [0.2, 0.25) is 0 Å². The summed E-state index contributed by atoms with van der Waals surface area (Å²) in [6, 6.07) is 0. The van der Waals surface area contributed by atoms with Gasteiger partial charge in [-0.3, -0.25) is 4.79 Å². The van der Waals surface area contributed by atoms with Crippen LogP contribution in [0.5, 0.6) is 0 Å². The first-order chi connectivity index (χ1) is 9.40. The molecular weight excluding hydrogens is 256 g/mol. The highest BCUT2D eigenvalue weighted by Crippen LogP contribution is 2.26. The van der Waals surface area contributed by atoms with E-state index in [4.69, 9.17) is 4.52 Å². The molecule has 0 unspecified atom stereocenters. The Bertz CT molecular complexity index is 440. The van der Waals surface area contributed by atoms with Crippen molar-refractivity contribution in [1.29, 1.82) is 0 Å². The summed E-state index contributed by atoms with van der Waals surface area (Å²) in [6.07, 6.45) is 1.64. The van der Waals surface area contributed by atoms with Gasteiger partial charge in [-0.2, -0.15) is 0 Å². The highest BCUT2D eigenvalue weighted by Gasteiger charge is 2.28. The van der Waals surface area contributed by atoms with Crippen molar-refractivity contribution in [2.45, 2.75) is 53.4 Å². The van der Waals surface area contributed by atoms with E-state index >= 15 is 0 Å². The summed E-state index contributed by atoms with van der Waals surface area (Å²) < 4.78 is 5.23. The average Bonchev–Trinajstić information content (AvgIpc) is 2.83. The maximum atomic E-state index is 12.4. The molecule has 0 bridgehead atoms. The van der Waals surface area contributed by atoms with Crippen molar-refractivity contribution < 1.29 is 14.4 Å². The Morgan fingerprint density at radius 1 is 1.40 bits per heavy atom. The molecule has 1 aromatic rings. The van der Waals surface area contributed by atoms with Crippen molar-refractivity contribution in [3.63, 3.8) is 0 Å². The molecule has 0 aliphatic heterocycles. The van der Waals surface area contributed by atoms with Crippen molar-refractivity contribution in [2.75, 3.05) is 13.2 Å². The lowest BCUT2D eigenvalue weighted by molar-refractivity contribution is 0.0848. The first kappa shape index (κ1) is 16.7. The Morgan fingerprint density at radius 3 is 2.45 bits per heavy atom. The standard InChI is InChI=1S/C15H26N2O3/c1-6-15(7-2,9-18)8-16-14(19)12-11(5)17-20-13(12)10(3)4/h10,18H,6-9H2,1-5H3,(H,16,19). The van der Waals surface area contributed by atoms with Crippen LogP contribution < -0.4 is 5.32 Å². The van der Waals surface area contributed by atoms with Gasteiger partial charge < -0.3 is 14.9 Å². The second-order valence-corrected chi connectivity index (χ2v) is 5.71. The Hall–Kier alpha value is -1.36. The number of nitrogens with zero attached hydrogens (tertiary/aromatic N) is 1. The van der Waals surface area contributed by atoms with Crippen molar-refractivity contribution >= 4 is 5.91 Å². The molecule has 1 amide bonds. The molecule has 1 aromatic heterocycles. The minimum atomic E-state index is -0.251. The number of carbonyl (C=O) groups excluding carboxylic acids is 1. The summed E-state index contributed by atoms with van der Waals surface area (Å²) in [4.78, 5) is 12.4. The molecule has 5 nitrogen and oxygen atoms in total. The van der Waals surface area contributed by atoms with E-state index in [1.54, 1.807) is 6.92 Å². The molecule has 0 aliphatic carbocycles. The number of aliphatic hydroxyl groups is 1. The normalized spacial score (nSPS) is 11.9. The van der Waals surface area contributed by atoms with Gasteiger partial charge in [-0.1, -0.05) is 32.9 Å². The number of aromatic nitrogens is 1. The summed E-state index contributed by atoms with van der Waals surface area (Å²) >= 11 is 0. The van der Waals surface area contributed by atoms with Crippen LogP contribution in [0.4, 0.5) is 0 Å². The van der Waals surface area contributed by atoms with Crippen LogP contribution in [-0.4, -0.2) is 29.3 Å². The quantitative estimate of drug-likeness (QED) is 0.806. The molecule has 0 radical (unpaired) electrons. The lowest BCUT2D eigenvalue weighted by Crippen LogP contribution is -2.39. The van der Waals surface area contributed by atoms with E-state index in [0.717, 1.165) is 12.8 Å². The van der Waals surface area contributed by atoms with E-state index in [2.05, 4.69) is 10.5 Å². The van der Waals surface area contributed by atoms with Gasteiger partial charge in [-0.05, 0) is 19.8 Å². The number of amides is 1. The van der Waals surface area contributed by atoms with E-state index < -0.39 is 0 Å². The fourth-order valence-corrected chi connectivity index (χ4v) is 2.19. The van der Waals surface area contributed by atoms with Crippen LogP contribution in [0.15, 0.2) is 4.52 Å². The number of nitrogens with one attached hydrogen (secondary N) is 1. The van der Waals surface area contributed by atoms with Gasteiger partial charge in [0.1, 0.15) is 5.56 Å². The second kappa shape index (κ2) is 6.88. The Morgan fingerprint density at radius 2 is 2.00 bits per heavy atom. The highest BCUT2D eigenvalue weighted by molar-refractivity contribution is 5.96. The van der Waals surface area contributed by atoms with Gasteiger partial charge in [-0.15, -0.1) is 0 Å². The van der Waals surface area contributed by atoms with Crippen LogP contribution in [-0.2, 0) is 0 Å². The van der Waals surface area contributed by atoms with E-state index in [9.17, 15) is 9.90 Å². The van der Waals surface area contributed by atoms with Gasteiger partial charge in [0.25, 0.3) is 5.91 Å². The van der Waals surface area contributed by atoms with Gasteiger partial charge >= 0.3 is 0 Å². The fourth-order valence-electron chi connectivity index (χ4n) is 2.19. The minimum Gasteiger partial charge on any atom is -0.396 e. The van der Waals surface area contributed by atoms with Gasteiger partial charge in [0, 0.05) is 17.9 Å². The number of hydrogen-bond acceptors (Lipinski definition) is 4. The summed E-state index contributed by atoms with van der Waals surface area (Å²) in [6.45, 7) is 10.3. The summed E-state index contributed by atoms with van der Waals surface area (Å²) in [7, 11) is 0. The first-order valence-electron chi connectivity index (χ1n) is 7.26. The number of aryl methyl sites for hydroxylation is 1. The second-order valence-electron chi connectivity index (χ2n) is 5.71. The summed E-state index contributed by atoms with van der Waals surface area (Å²) in [5.74, 6) is 0.548. The third-order valence-electron chi connectivity index (χ3n) is 4.10. The molecule has 114 valence electrons.